The number of hydrazine groups is 1. The molecule has 35 heavy (non-hydrogen) atoms. The van der Waals surface area contributed by atoms with Gasteiger partial charge in [0, 0.05) is 31.0 Å². The maximum absolute atomic E-state index is 12.7. The van der Waals surface area contributed by atoms with Gasteiger partial charge in [-0.2, -0.15) is 0 Å². The van der Waals surface area contributed by atoms with E-state index in [9.17, 15) is 19.2 Å². The van der Waals surface area contributed by atoms with Gasteiger partial charge in [0.25, 0.3) is 11.1 Å². The van der Waals surface area contributed by atoms with E-state index in [1.807, 2.05) is 24.3 Å². The number of benzene rings is 1. The van der Waals surface area contributed by atoms with Crippen LogP contribution in [0.1, 0.15) is 38.6 Å². The van der Waals surface area contributed by atoms with E-state index in [0.717, 1.165) is 35.9 Å². The highest BCUT2D eigenvalue weighted by atomic mass is 32.2. The molecule has 0 saturated carbocycles. The maximum Gasteiger partial charge on any atom is 0.408 e. The van der Waals surface area contributed by atoms with Crippen molar-refractivity contribution in [2.45, 2.75) is 51.7 Å². The summed E-state index contributed by atoms with van der Waals surface area (Å²) < 4.78 is 5.22. The van der Waals surface area contributed by atoms with Crippen molar-refractivity contribution < 1.29 is 23.9 Å². The molecule has 1 aliphatic heterocycles. The molecule has 11 nitrogen and oxygen atoms in total. The lowest BCUT2D eigenvalue weighted by Gasteiger charge is -2.29. The molecule has 188 valence electrons. The van der Waals surface area contributed by atoms with E-state index in [0.29, 0.717) is 12.4 Å². The number of amides is 4. The van der Waals surface area contributed by atoms with Crippen molar-refractivity contribution in [2.75, 3.05) is 17.2 Å². The Bertz CT molecular complexity index is 1050. The third-order valence-corrected chi connectivity index (χ3v) is 5.74. The molecular formula is C23H30N6O5S. The van der Waals surface area contributed by atoms with Crippen molar-refractivity contribution in [3.8, 4) is 0 Å². The summed E-state index contributed by atoms with van der Waals surface area (Å²) in [6.45, 7) is 5.71. The van der Waals surface area contributed by atoms with Gasteiger partial charge in [-0.15, -0.1) is 0 Å². The number of carbonyl (C=O) groups excluding carboxylic acids is 4. The number of aryl methyl sites for hydroxylation is 1. The van der Waals surface area contributed by atoms with Gasteiger partial charge in [0.05, 0.1) is 5.75 Å². The predicted octanol–water partition coefficient (Wildman–Crippen LogP) is 2.30. The Labute approximate surface area is 207 Å². The van der Waals surface area contributed by atoms with Crippen LogP contribution in [-0.4, -0.2) is 57.1 Å². The molecule has 2 aromatic rings. The third-order valence-electron chi connectivity index (χ3n) is 4.99. The highest BCUT2D eigenvalue weighted by molar-refractivity contribution is 8.14. The quantitative estimate of drug-likeness (QED) is 0.444. The molecule has 4 amide bonds. The second-order valence-corrected chi connectivity index (χ2v) is 9.85. The van der Waals surface area contributed by atoms with Crippen LogP contribution in [0.25, 0.3) is 0 Å². The number of nitrogens with one attached hydrogen (secondary N) is 4. The molecule has 0 radical (unpaired) electrons. The van der Waals surface area contributed by atoms with Crippen molar-refractivity contribution in [1.29, 1.82) is 0 Å². The minimum absolute atomic E-state index is 0.0495. The number of hydrogen-bond donors (Lipinski definition) is 4. The fraction of sp³-hybridized carbons (Fsp3) is 0.435. The zero-order chi connectivity index (χ0) is 25.4. The number of anilines is 1. The molecule has 4 N–H and O–H groups in total. The van der Waals surface area contributed by atoms with Crippen LogP contribution in [0.5, 0.6) is 0 Å². The fourth-order valence-electron chi connectivity index (χ4n) is 3.50. The van der Waals surface area contributed by atoms with Crippen LogP contribution in [0.15, 0.2) is 36.7 Å². The normalized spacial score (nSPS) is 13.9. The number of thioether (sulfide) groups is 1. The molecule has 3 rings (SSSR count). The number of rotatable bonds is 6. The summed E-state index contributed by atoms with van der Waals surface area (Å²) in [5.74, 6) is -0.472. The average molecular weight is 503 g/mol. The Morgan fingerprint density at radius 3 is 2.69 bits per heavy atom. The largest absolute Gasteiger partial charge is 0.444 e. The van der Waals surface area contributed by atoms with Gasteiger partial charge in [0.15, 0.2) is 0 Å². The Morgan fingerprint density at radius 2 is 1.97 bits per heavy atom. The van der Waals surface area contributed by atoms with E-state index in [-0.39, 0.29) is 18.1 Å². The first-order valence-electron chi connectivity index (χ1n) is 11.2. The fourth-order valence-corrected chi connectivity index (χ4v) is 4.03. The molecule has 0 spiro atoms. The molecule has 1 aromatic heterocycles. The highest BCUT2D eigenvalue weighted by Crippen LogP contribution is 2.27. The minimum atomic E-state index is -1.06. The van der Waals surface area contributed by atoms with Crippen LogP contribution in [0.2, 0.25) is 0 Å². The number of imidazole rings is 1. The van der Waals surface area contributed by atoms with E-state index in [2.05, 4.69) is 26.1 Å². The number of aromatic amines is 1. The van der Waals surface area contributed by atoms with Crippen LogP contribution in [0.3, 0.4) is 0 Å². The number of hydrogen-bond acceptors (Lipinski definition) is 7. The van der Waals surface area contributed by atoms with Gasteiger partial charge in [-0.3, -0.25) is 25.2 Å². The van der Waals surface area contributed by atoms with E-state index in [4.69, 9.17) is 4.74 Å². The van der Waals surface area contributed by atoms with Gasteiger partial charge in [0.2, 0.25) is 5.91 Å². The summed E-state index contributed by atoms with van der Waals surface area (Å²) in [6.07, 6.45) is 4.15. The zero-order valence-corrected chi connectivity index (χ0v) is 20.7. The Balaban J connectivity index is 1.50. The summed E-state index contributed by atoms with van der Waals surface area (Å²) in [5.41, 5.74) is 5.78. The third kappa shape index (κ3) is 8.02. The molecule has 2 heterocycles. The first kappa shape index (κ1) is 26.1. The number of H-pyrrole nitrogens is 1. The number of ether oxygens (including phenoxy) is 1. The number of fused-ring (bicyclic) bond motifs is 1. The van der Waals surface area contributed by atoms with Gasteiger partial charge in [0.1, 0.15) is 17.5 Å². The van der Waals surface area contributed by atoms with Crippen molar-refractivity contribution in [1.82, 2.24) is 26.1 Å². The lowest BCUT2D eigenvalue weighted by Crippen LogP contribution is -2.53. The van der Waals surface area contributed by atoms with Gasteiger partial charge >= 0.3 is 6.09 Å². The van der Waals surface area contributed by atoms with E-state index in [1.54, 1.807) is 31.9 Å². The van der Waals surface area contributed by atoms with Gasteiger partial charge in [-0.25, -0.2) is 9.78 Å². The Morgan fingerprint density at radius 1 is 1.20 bits per heavy atom. The molecule has 0 saturated heterocycles. The first-order valence-corrected chi connectivity index (χ1v) is 12.2. The topological polar surface area (TPSA) is 146 Å². The predicted molar refractivity (Wildman–Crippen MR) is 132 cm³/mol. The average Bonchev–Trinajstić information content (AvgIpc) is 3.32. The summed E-state index contributed by atoms with van der Waals surface area (Å²) in [7, 11) is 0. The summed E-state index contributed by atoms with van der Waals surface area (Å²) in [6, 6.07) is 6.65. The lowest BCUT2D eigenvalue weighted by molar-refractivity contribution is -0.123. The van der Waals surface area contributed by atoms with Gasteiger partial charge in [-0.05, 0) is 45.2 Å². The zero-order valence-electron chi connectivity index (χ0n) is 19.9. The van der Waals surface area contributed by atoms with Crippen LogP contribution in [0, 0.1) is 0 Å². The summed E-state index contributed by atoms with van der Waals surface area (Å²) in [5, 5.41) is 1.88. The number of alkyl carbamates (subject to hydrolysis) is 1. The minimum Gasteiger partial charge on any atom is -0.444 e. The Kier molecular flexibility index (Phi) is 8.74. The number of aromatic nitrogens is 2. The van der Waals surface area contributed by atoms with Crippen LogP contribution in [0.4, 0.5) is 15.3 Å². The first-order chi connectivity index (χ1) is 16.6. The van der Waals surface area contributed by atoms with Gasteiger partial charge in [-0.1, -0.05) is 30.0 Å². The second kappa shape index (κ2) is 11.7. The van der Waals surface area contributed by atoms with Crippen molar-refractivity contribution >= 4 is 40.6 Å². The molecule has 0 bridgehead atoms. The molecule has 1 aliphatic rings. The molecule has 0 aliphatic carbocycles. The van der Waals surface area contributed by atoms with E-state index < -0.39 is 28.9 Å². The lowest BCUT2D eigenvalue weighted by atomic mass is 10.0. The van der Waals surface area contributed by atoms with E-state index >= 15 is 0 Å². The SMILES string of the molecule is CC(C)(C)OC(=O)N[C@H](Cc1ncc[nH]1)C(=O)NNC(=O)SCC(=O)N1CCCc2ccccc21. The van der Waals surface area contributed by atoms with Crippen LogP contribution in [-0.2, 0) is 27.2 Å². The Hall–Kier alpha value is -3.54. The number of nitrogens with zero attached hydrogens (tertiary/aromatic N) is 2. The molecular weight excluding hydrogens is 472 g/mol. The molecule has 0 unspecified atom stereocenters. The van der Waals surface area contributed by atoms with Crippen LogP contribution >= 0.6 is 11.8 Å². The molecule has 1 atom stereocenters. The molecule has 1 aromatic carbocycles. The van der Waals surface area contributed by atoms with Crippen molar-refractivity contribution in [3.63, 3.8) is 0 Å². The molecule has 0 fully saturated rings. The van der Waals surface area contributed by atoms with E-state index in [1.165, 1.54) is 6.20 Å². The van der Waals surface area contributed by atoms with Crippen molar-refractivity contribution in [3.05, 3.63) is 48.0 Å². The highest BCUT2D eigenvalue weighted by Gasteiger charge is 2.26. The second-order valence-electron chi connectivity index (χ2n) is 8.91. The maximum atomic E-state index is 12.7. The summed E-state index contributed by atoms with van der Waals surface area (Å²) in [4.78, 5) is 58.4. The standard InChI is InChI=1S/C23H30N6O5S/c1-23(2,3)34-21(32)26-16(13-18-24-10-11-25-18)20(31)27-28-22(33)35-14-19(30)29-12-6-8-15-7-4-5-9-17(15)29/h4-5,7,9-11,16H,6,8,12-14H2,1-3H3,(H,24,25)(H,26,32)(H,27,31)(H,28,33)/t16-/m1/s1. The van der Waals surface area contributed by atoms with Crippen molar-refractivity contribution in [2.24, 2.45) is 0 Å². The van der Waals surface area contributed by atoms with Gasteiger partial charge < -0.3 is 19.9 Å². The summed E-state index contributed by atoms with van der Waals surface area (Å²) >= 11 is 0.747. The number of para-hydroxylation sites is 1. The number of carbonyl (C=O) groups is 4. The monoisotopic (exact) mass is 502 g/mol. The smallest absolute Gasteiger partial charge is 0.408 e. The van der Waals surface area contributed by atoms with Crippen LogP contribution < -0.4 is 21.1 Å². The molecule has 12 heteroatoms.